The van der Waals surface area contributed by atoms with Crippen LogP contribution < -0.4 is 10.2 Å². The molecule has 1 aromatic heterocycles. The Labute approximate surface area is 213 Å². The highest BCUT2D eigenvalue weighted by molar-refractivity contribution is 6.00. The predicted molar refractivity (Wildman–Crippen MR) is 147 cm³/mol. The summed E-state index contributed by atoms with van der Waals surface area (Å²) in [4.78, 5) is 21.2. The van der Waals surface area contributed by atoms with Gasteiger partial charge in [-0.1, -0.05) is 73.2 Å². The van der Waals surface area contributed by atoms with E-state index in [0.29, 0.717) is 12.2 Å². The summed E-state index contributed by atoms with van der Waals surface area (Å²) in [6.45, 7) is 2.72. The molecule has 1 heterocycles. The molecule has 0 bridgehead atoms. The van der Waals surface area contributed by atoms with Crippen LogP contribution in [0.15, 0.2) is 78.9 Å². The van der Waals surface area contributed by atoms with Gasteiger partial charge < -0.3 is 14.8 Å². The number of nitrogens with one attached hydrogen (secondary N) is 1. The zero-order valence-corrected chi connectivity index (χ0v) is 21.4. The minimum Gasteiger partial charge on any atom is -0.378 e. The Hall–Kier alpha value is -3.86. The van der Waals surface area contributed by atoms with Crippen LogP contribution in [-0.2, 0) is 13.0 Å². The fourth-order valence-corrected chi connectivity index (χ4v) is 5.22. The average Bonchev–Trinajstić information content (AvgIpc) is 3.19. The molecule has 0 aliphatic heterocycles. The number of carbonyl (C=O) groups is 1. The van der Waals surface area contributed by atoms with Crippen molar-refractivity contribution >= 4 is 11.6 Å². The fourth-order valence-electron chi connectivity index (χ4n) is 5.22. The lowest BCUT2D eigenvalue weighted by Gasteiger charge is -2.20. The van der Waals surface area contributed by atoms with Crippen LogP contribution in [0.2, 0.25) is 0 Å². The van der Waals surface area contributed by atoms with Gasteiger partial charge in [-0.05, 0) is 49.4 Å². The van der Waals surface area contributed by atoms with E-state index in [2.05, 4.69) is 82.4 Å². The number of hydrogen-bond acceptors (Lipinski definition) is 3. The number of imidazole rings is 1. The molecule has 36 heavy (non-hydrogen) atoms. The van der Waals surface area contributed by atoms with Crippen molar-refractivity contribution < 1.29 is 4.79 Å². The summed E-state index contributed by atoms with van der Waals surface area (Å²) in [5.74, 6) is 0.746. The zero-order valence-electron chi connectivity index (χ0n) is 21.4. The van der Waals surface area contributed by atoms with Crippen molar-refractivity contribution in [3.05, 3.63) is 95.7 Å². The van der Waals surface area contributed by atoms with Crippen molar-refractivity contribution in [2.24, 2.45) is 0 Å². The average molecular weight is 479 g/mol. The molecule has 5 nitrogen and oxygen atoms in total. The van der Waals surface area contributed by atoms with Gasteiger partial charge in [0, 0.05) is 37.5 Å². The van der Waals surface area contributed by atoms with Crippen LogP contribution >= 0.6 is 0 Å². The molecule has 0 fully saturated rings. The molecule has 3 aromatic carbocycles. The Balaban J connectivity index is 1.60. The van der Waals surface area contributed by atoms with Gasteiger partial charge in [-0.25, -0.2) is 4.98 Å². The summed E-state index contributed by atoms with van der Waals surface area (Å²) in [6, 6.07) is 26.9. The second-order valence-electron chi connectivity index (χ2n) is 9.65. The molecule has 1 aliphatic rings. The highest BCUT2D eigenvalue weighted by Gasteiger charge is 2.27. The molecule has 0 spiro atoms. The molecule has 4 aromatic rings. The molecule has 1 atom stereocenters. The van der Waals surface area contributed by atoms with Crippen molar-refractivity contribution in [3.63, 3.8) is 0 Å². The van der Waals surface area contributed by atoms with Crippen LogP contribution in [-0.4, -0.2) is 29.6 Å². The second-order valence-corrected chi connectivity index (χ2v) is 9.65. The number of aryl methyl sites for hydroxylation is 1. The first-order valence-electron chi connectivity index (χ1n) is 12.9. The maximum atomic E-state index is 14.0. The van der Waals surface area contributed by atoms with Gasteiger partial charge in [-0.2, -0.15) is 0 Å². The Morgan fingerprint density at radius 3 is 2.39 bits per heavy atom. The van der Waals surface area contributed by atoms with Crippen molar-refractivity contribution in [3.8, 4) is 22.6 Å². The highest BCUT2D eigenvalue weighted by Crippen LogP contribution is 2.33. The third-order valence-electron chi connectivity index (χ3n) is 7.11. The van der Waals surface area contributed by atoms with Crippen LogP contribution in [0.5, 0.6) is 0 Å². The van der Waals surface area contributed by atoms with E-state index in [9.17, 15) is 4.79 Å². The molecule has 0 saturated heterocycles. The highest BCUT2D eigenvalue weighted by atomic mass is 16.2. The maximum Gasteiger partial charge on any atom is 0.270 e. The molecule has 1 aliphatic carbocycles. The summed E-state index contributed by atoms with van der Waals surface area (Å²) < 4.78 is 2.06. The number of nitrogens with zero attached hydrogens (tertiary/aromatic N) is 3. The SMILES string of the molecule is CCn1c(-c2ccccc2)nc(-c2ccc(N(C)C)cc2)c1C(=O)NC1CCCCc2ccccc21. The lowest BCUT2D eigenvalue weighted by atomic mass is 9.99. The number of hydrogen-bond donors (Lipinski definition) is 1. The van der Waals surface area contributed by atoms with E-state index in [1.807, 2.05) is 32.3 Å². The quantitative estimate of drug-likeness (QED) is 0.322. The summed E-state index contributed by atoms with van der Waals surface area (Å²) in [7, 11) is 4.05. The summed E-state index contributed by atoms with van der Waals surface area (Å²) in [5.41, 5.74) is 6.98. The molecule has 1 unspecified atom stereocenters. The zero-order chi connectivity index (χ0) is 25.1. The van der Waals surface area contributed by atoms with E-state index < -0.39 is 0 Å². The van der Waals surface area contributed by atoms with E-state index in [4.69, 9.17) is 4.98 Å². The van der Waals surface area contributed by atoms with Gasteiger partial charge in [-0.3, -0.25) is 4.79 Å². The first-order chi connectivity index (χ1) is 17.6. The normalized spacial score (nSPS) is 15.1. The summed E-state index contributed by atoms with van der Waals surface area (Å²) in [6.07, 6.45) is 4.26. The van der Waals surface area contributed by atoms with E-state index in [-0.39, 0.29) is 11.9 Å². The van der Waals surface area contributed by atoms with Gasteiger partial charge in [0.2, 0.25) is 0 Å². The largest absolute Gasteiger partial charge is 0.378 e. The predicted octanol–water partition coefficient (Wildman–Crippen LogP) is 6.50. The van der Waals surface area contributed by atoms with Crippen molar-refractivity contribution in [2.75, 3.05) is 19.0 Å². The molecular weight excluding hydrogens is 444 g/mol. The maximum absolute atomic E-state index is 14.0. The van der Waals surface area contributed by atoms with Gasteiger partial charge in [0.05, 0.1) is 6.04 Å². The van der Waals surface area contributed by atoms with Crippen LogP contribution in [0, 0.1) is 0 Å². The van der Waals surface area contributed by atoms with Crippen molar-refractivity contribution in [1.29, 1.82) is 0 Å². The Morgan fingerprint density at radius 1 is 0.944 bits per heavy atom. The minimum absolute atomic E-state index is 0.000508. The van der Waals surface area contributed by atoms with Gasteiger partial charge in [0.15, 0.2) is 0 Å². The number of amides is 1. The Bertz CT molecular complexity index is 1340. The third-order valence-corrected chi connectivity index (χ3v) is 7.11. The number of anilines is 1. The topological polar surface area (TPSA) is 50.2 Å². The second kappa shape index (κ2) is 10.4. The third kappa shape index (κ3) is 4.66. The monoisotopic (exact) mass is 478 g/mol. The van der Waals surface area contributed by atoms with E-state index in [1.54, 1.807) is 0 Å². The molecule has 5 heteroatoms. The van der Waals surface area contributed by atoms with E-state index in [1.165, 1.54) is 11.1 Å². The lowest BCUT2D eigenvalue weighted by molar-refractivity contribution is 0.0926. The van der Waals surface area contributed by atoms with Gasteiger partial charge >= 0.3 is 0 Å². The lowest BCUT2D eigenvalue weighted by Crippen LogP contribution is -2.31. The van der Waals surface area contributed by atoms with Gasteiger partial charge in [0.25, 0.3) is 5.91 Å². The minimum atomic E-state index is -0.0695. The van der Waals surface area contributed by atoms with Crippen LogP contribution in [0.4, 0.5) is 5.69 Å². The van der Waals surface area contributed by atoms with Crippen LogP contribution in [0.25, 0.3) is 22.6 Å². The molecule has 0 saturated carbocycles. The number of rotatable bonds is 6. The Kier molecular flexibility index (Phi) is 6.90. The molecule has 1 N–H and O–H groups in total. The van der Waals surface area contributed by atoms with Crippen LogP contribution in [0.3, 0.4) is 0 Å². The standard InChI is InChI=1S/C31H34N4O/c1-4-35-29(31(36)32-27-17-11-9-13-22-12-8-10-16-26(22)27)28(23-18-20-25(21-19-23)34(2)3)33-30(35)24-14-6-5-7-15-24/h5-8,10,12,14-16,18-21,27H,4,9,11,13,17H2,1-3H3,(H,32,36). The van der Waals surface area contributed by atoms with Crippen molar-refractivity contribution in [1.82, 2.24) is 14.9 Å². The smallest absolute Gasteiger partial charge is 0.270 e. The number of fused-ring (bicyclic) bond motifs is 1. The number of benzene rings is 3. The molecule has 0 radical (unpaired) electrons. The summed E-state index contributed by atoms with van der Waals surface area (Å²) >= 11 is 0. The molecule has 1 amide bonds. The van der Waals surface area contributed by atoms with Crippen molar-refractivity contribution in [2.45, 2.75) is 45.2 Å². The first kappa shape index (κ1) is 23.9. The van der Waals surface area contributed by atoms with E-state index in [0.717, 1.165) is 54.0 Å². The van der Waals surface area contributed by atoms with E-state index >= 15 is 0 Å². The van der Waals surface area contributed by atoms with Gasteiger partial charge in [0.1, 0.15) is 17.2 Å². The Morgan fingerprint density at radius 2 is 1.67 bits per heavy atom. The molecule has 5 rings (SSSR count). The van der Waals surface area contributed by atoms with Gasteiger partial charge in [-0.15, -0.1) is 0 Å². The van der Waals surface area contributed by atoms with Crippen LogP contribution in [0.1, 0.15) is 53.8 Å². The number of carbonyl (C=O) groups excluding carboxylic acids is 1. The fraction of sp³-hybridized carbons (Fsp3) is 0.290. The summed E-state index contributed by atoms with van der Waals surface area (Å²) in [5, 5.41) is 3.40. The molecular formula is C31H34N4O. The first-order valence-corrected chi connectivity index (χ1v) is 12.9. The number of aromatic nitrogens is 2. The molecule has 184 valence electrons.